The Morgan fingerprint density at radius 3 is 3.17 bits per heavy atom. The predicted octanol–water partition coefficient (Wildman–Crippen LogP) is -0.122. The fourth-order valence-electron chi connectivity index (χ4n) is 1.35. The number of hydrogen-bond donors (Lipinski definition) is 2. The third-order valence-corrected chi connectivity index (χ3v) is 1.92. The first kappa shape index (κ1) is 9.08. The lowest BCUT2D eigenvalue weighted by molar-refractivity contribution is -0.120. The van der Waals surface area contributed by atoms with Crippen LogP contribution in [-0.2, 0) is 4.79 Å². The molecule has 1 aliphatic heterocycles. The fraction of sp³-hybridized carbons (Fsp3) is 0.667. The molecule has 0 bridgehead atoms. The summed E-state index contributed by atoms with van der Waals surface area (Å²) in [7, 11) is 0. The molecular formula is C9H14N2O. The van der Waals surface area contributed by atoms with Gasteiger partial charge >= 0.3 is 0 Å². The van der Waals surface area contributed by atoms with Gasteiger partial charge in [0.05, 0.1) is 6.42 Å². The van der Waals surface area contributed by atoms with Gasteiger partial charge in [-0.25, -0.2) is 0 Å². The summed E-state index contributed by atoms with van der Waals surface area (Å²) in [5.41, 5.74) is 0. The Kier molecular flexibility index (Phi) is 3.62. The third kappa shape index (κ3) is 2.93. The molecule has 0 aliphatic carbocycles. The Bertz CT molecular complexity index is 189. The van der Waals surface area contributed by atoms with Crippen molar-refractivity contribution in [2.75, 3.05) is 13.1 Å². The number of nitrogens with one attached hydrogen (secondary N) is 2. The van der Waals surface area contributed by atoms with Crippen LogP contribution in [0.4, 0.5) is 0 Å². The van der Waals surface area contributed by atoms with E-state index in [0.29, 0.717) is 0 Å². The topological polar surface area (TPSA) is 41.1 Å². The highest BCUT2D eigenvalue weighted by Crippen LogP contribution is 2.00. The zero-order valence-electron chi connectivity index (χ0n) is 7.10. The van der Waals surface area contributed by atoms with E-state index in [2.05, 4.69) is 16.6 Å². The first-order valence-corrected chi connectivity index (χ1v) is 4.26. The summed E-state index contributed by atoms with van der Waals surface area (Å²) in [5.74, 6) is 2.29. The molecule has 0 saturated carbocycles. The van der Waals surface area contributed by atoms with Crippen molar-refractivity contribution in [1.29, 1.82) is 0 Å². The van der Waals surface area contributed by atoms with Crippen LogP contribution in [0.3, 0.4) is 0 Å². The van der Waals surface area contributed by atoms with Crippen LogP contribution in [0.1, 0.15) is 19.3 Å². The Morgan fingerprint density at radius 2 is 2.58 bits per heavy atom. The van der Waals surface area contributed by atoms with E-state index in [1.165, 1.54) is 0 Å². The lowest BCUT2D eigenvalue weighted by atomic mass is 10.1. The molecular weight excluding hydrogens is 152 g/mol. The van der Waals surface area contributed by atoms with Crippen molar-refractivity contribution in [3.8, 4) is 12.3 Å². The van der Waals surface area contributed by atoms with E-state index in [0.717, 1.165) is 25.9 Å². The van der Waals surface area contributed by atoms with Gasteiger partial charge in [0.25, 0.3) is 0 Å². The van der Waals surface area contributed by atoms with E-state index < -0.39 is 0 Å². The maximum absolute atomic E-state index is 11.0. The van der Waals surface area contributed by atoms with Crippen molar-refractivity contribution in [3.05, 3.63) is 0 Å². The van der Waals surface area contributed by atoms with E-state index in [4.69, 9.17) is 6.42 Å². The van der Waals surface area contributed by atoms with E-state index in [-0.39, 0.29) is 18.4 Å². The van der Waals surface area contributed by atoms with Crippen molar-refractivity contribution in [3.63, 3.8) is 0 Å². The minimum Gasteiger partial charge on any atom is -0.351 e. The van der Waals surface area contributed by atoms with Gasteiger partial charge in [0, 0.05) is 12.6 Å². The van der Waals surface area contributed by atoms with Gasteiger partial charge in [-0.05, 0) is 19.4 Å². The lowest BCUT2D eigenvalue weighted by Gasteiger charge is -2.23. The van der Waals surface area contributed by atoms with E-state index in [1.54, 1.807) is 0 Å². The van der Waals surface area contributed by atoms with Crippen LogP contribution in [-0.4, -0.2) is 25.0 Å². The van der Waals surface area contributed by atoms with Gasteiger partial charge in [0.2, 0.25) is 5.91 Å². The van der Waals surface area contributed by atoms with Gasteiger partial charge < -0.3 is 10.6 Å². The van der Waals surface area contributed by atoms with Gasteiger partial charge in [-0.15, -0.1) is 6.42 Å². The average molecular weight is 166 g/mol. The third-order valence-electron chi connectivity index (χ3n) is 1.92. The first-order valence-electron chi connectivity index (χ1n) is 4.26. The molecule has 12 heavy (non-hydrogen) atoms. The molecule has 1 saturated heterocycles. The Hall–Kier alpha value is -1.01. The minimum absolute atomic E-state index is 0.0359. The molecule has 66 valence electrons. The summed E-state index contributed by atoms with van der Waals surface area (Å²) >= 11 is 0. The first-order chi connectivity index (χ1) is 5.83. The van der Waals surface area contributed by atoms with Gasteiger partial charge in [-0.2, -0.15) is 0 Å². The average Bonchev–Trinajstić information content (AvgIpc) is 2.06. The summed E-state index contributed by atoms with van der Waals surface area (Å²) < 4.78 is 0. The number of piperidine rings is 1. The molecule has 1 unspecified atom stereocenters. The lowest BCUT2D eigenvalue weighted by Crippen LogP contribution is -2.45. The SMILES string of the molecule is C#CCC(=O)NC1CCCNC1. The number of carbonyl (C=O) groups excluding carboxylic acids is 1. The molecule has 0 aromatic heterocycles. The molecule has 1 fully saturated rings. The summed E-state index contributed by atoms with van der Waals surface area (Å²) in [6.45, 7) is 1.93. The van der Waals surface area contributed by atoms with Gasteiger partial charge in [-0.1, -0.05) is 5.92 Å². The van der Waals surface area contributed by atoms with Gasteiger partial charge in [0.15, 0.2) is 0 Å². The Labute approximate surface area is 72.9 Å². The highest BCUT2D eigenvalue weighted by atomic mass is 16.1. The molecule has 0 aromatic carbocycles. The van der Waals surface area contributed by atoms with E-state index in [9.17, 15) is 4.79 Å². The van der Waals surface area contributed by atoms with Crippen molar-refractivity contribution in [1.82, 2.24) is 10.6 Å². The standard InChI is InChI=1S/C9H14N2O/c1-2-4-9(12)11-8-5-3-6-10-7-8/h1,8,10H,3-7H2,(H,11,12). The van der Waals surface area contributed by atoms with Gasteiger partial charge in [0.1, 0.15) is 0 Å². The molecule has 0 aromatic rings. The highest BCUT2D eigenvalue weighted by molar-refractivity contribution is 5.78. The maximum atomic E-state index is 11.0. The Morgan fingerprint density at radius 1 is 1.75 bits per heavy atom. The molecule has 3 heteroatoms. The number of rotatable bonds is 2. The van der Waals surface area contributed by atoms with Crippen molar-refractivity contribution < 1.29 is 4.79 Å². The summed E-state index contributed by atoms with van der Waals surface area (Å²) in [6, 6.07) is 0.277. The highest BCUT2D eigenvalue weighted by Gasteiger charge is 2.13. The predicted molar refractivity (Wildman–Crippen MR) is 47.5 cm³/mol. The molecule has 1 heterocycles. The molecule has 0 radical (unpaired) electrons. The van der Waals surface area contributed by atoms with Crippen LogP contribution in [0.25, 0.3) is 0 Å². The summed E-state index contributed by atoms with van der Waals surface area (Å²) in [5, 5.41) is 6.09. The van der Waals surface area contributed by atoms with Crippen molar-refractivity contribution in [2.45, 2.75) is 25.3 Å². The largest absolute Gasteiger partial charge is 0.351 e. The summed E-state index contributed by atoms with van der Waals surface area (Å²) in [4.78, 5) is 11.0. The van der Waals surface area contributed by atoms with Crippen molar-refractivity contribution >= 4 is 5.91 Å². The number of amides is 1. The molecule has 2 N–H and O–H groups in total. The zero-order valence-corrected chi connectivity index (χ0v) is 7.10. The van der Waals surface area contributed by atoms with Crippen LogP contribution in [0.2, 0.25) is 0 Å². The second kappa shape index (κ2) is 4.78. The fourth-order valence-corrected chi connectivity index (χ4v) is 1.35. The van der Waals surface area contributed by atoms with E-state index >= 15 is 0 Å². The monoisotopic (exact) mass is 166 g/mol. The number of hydrogen-bond acceptors (Lipinski definition) is 2. The van der Waals surface area contributed by atoms with Gasteiger partial charge in [-0.3, -0.25) is 4.79 Å². The van der Waals surface area contributed by atoms with Crippen LogP contribution >= 0.6 is 0 Å². The quantitative estimate of drug-likeness (QED) is 0.561. The molecule has 1 atom stereocenters. The molecule has 1 amide bonds. The van der Waals surface area contributed by atoms with E-state index in [1.807, 2.05) is 0 Å². The van der Waals surface area contributed by atoms with Crippen LogP contribution < -0.4 is 10.6 Å². The Balaban J connectivity index is 2.21. The second-order valence-electron chi connectivity index (χ2n) is 2.99. The van der Waals surface area contributed by atoms with Crippen LogP contribution in [0.5, 0.6) is 0 Å². The molecule has 1 rings (SSSR count). The maximum Gasteiger partial charge on any atom is 0.232 e. The molecule has 1 aliphatic rings. The minimum atomic E-state index is -0.0359. The number of carbonyl (C=O) groups is 1. The summed E-state index contributed by atoms with van der Waals surface area (Å²) in [6.07, 6.45) is 7.38. The zero-order chi connectivity index (χ0) is 8.81. The van der Waals surface area contributed by atoms with Crippen molar-refractivity contribution in [2.24, 2.45) is 0 Å². The molecule has 3 nitrogen and oxygen atoms in total. The van der Waals surface area contributed by atoms with Crippen LogP contribution in [0.15, 0.2) is 0 Å². The molecule has 0 spiro atoms. The van der Waals surface area contributed by atoms with Crippen LogP contribution in [0, 0.1) is 12.3 Å². The second-order valence-corrected chi connectivity index (χ2v) is 2.99. The normalized spacial score (nSPS) is 22.8. The number of terminal acetylenes is 1. The smallest absolute Gasteiger partial charge is 0.232 e.